The van der Waals surface area contributed by atoms with Crippen molar-refractivity contribution in [2.45, 2.75) is 38.6 Å². The molecule has 0 amide bonds. The molecule has 0 spiro atoms. The van der Waals surface area contributed by atoms with Crippen LogP contribution >= 0.6 is 0 Å². The zero-order chi connectivity index (χ0) is 13.7. The van der Waals surface area contributed by atoms with Gasteiger partial charge in [0.05, 0.1) is 24.6 Å². The van der Waals surface area contributed by atoms with Gasteiger partial charge in [-0.2, -0.15) is 0 Å². The fourth-order valence-corrected chi connectivity index (χ4v) is 2.43. The Morgan fingerprint density at radius 3 is 2.79 bits per heavy atom. The number of hydrogen-bond acceptors (Lipinski definition) is 4. The highest BCUT2D eigenvalue weighted by Crippen LogP contribution is 2.37. The number of nitrogens with two attached hydrogens (primary N) is 1. The second kappa shape index (κ2) is 6.66. The second-order valence-electron chi connectivity index (χ2n) is 5.04. The predicted molar refractivity (Wildman–Crippen MR) is 78.7 cm³/mol. The number of aliphatic hydroxyl groups is 1. The maximum atomic E-state index is 9.25. The molecule has 0 aromatic heterocycles. The van der Waals surface area contributed by atoms with Crippen molar-refractivity contribution < 1.29 is 9.84 Å². The fourth-order valence-electron chi connectivity index (χ4n) is 2.43. The van der Waals surface area contributed by atoms with Gasteiger partial charge in [0, 0.05) is 12.6 Å². The van der Waals surface area contributed by atoms with Crippen LogP contribution in [-0.4, -0.2) is 30.9 Å². The topological polar surface area (TPSA) is 58.7 Å². The van der Waals surface area contributed by atoms with E-state index in [0.29, 0.717) is 24.9 Å². The minimum Gasteiger partial charge on any atom is -0.491 e. The summed E-state index contributed by atoms with van der Waals surface area (Å²) in [6.07, 6.45) is 4.59. The van der Waals surface area contributed by atoms with Crippen LogP contribution in [0.5, 0.6) is 5.75 Å². The van der Waals surface area contributed by atoms with Crippen molar-refractivity contribution in [1.82, 2.24) is 0 Å². The van der Waals surface area contributed by atoms with Crippen molar-refractivity contribution in [2.75, 3.05) is 30.4 Å². The van der Waals surface area contributed by atoms with Gasteiger partial charge >= 0.3 is 0 Å². The standard InChI is InChI=1S/C15H24N2O2/c1-2-11-19-14-8-4-7-13(15(14)16)17(9-10-18)12-5-3-6-12/h4,7-8,12,18H,2-3,5-6,9-11,16H2,1H3. The Balaban J connectivity index is 2.20. The summed E-state index contributed by atoms with van der Waals surface area (Å²) in [5, 5.41) is 9.25. The molecule has 1 aliphatic rings. The lowest BCUT2D eigenvalue weighted by Crippen LogP contribution is -2.42. The van der Waals surface area contributed by atoms with Crippen molar-refractivity contribution >= 4 is 11.4 Å². The van der Waals surface area contributed by atoms with Gasteiger partial charge in [-0.05, 0) is 37.8 Å². The minimum atomic E-state index is 0.149. The molecule has 0 unspecified atom stereocenters. The summed E-state index contributed by atoms with van der Waals surface area (Å²) >= 11 is 0. The summed E-state index contributed by atoms with van der Waals surface area (Å²) in [7, 11) is 0. The van der Waals surface area contributed by atoms with Gasteiger partial charge in [-0.3, -0.25) is 0 Å². The Morgan fingerprint density at radius 1 is 1.42 bits per heavy atom. The van der Waals surface area contributed by atoms with Crippen LogP contribution in [0.15, 0.2) is 18.2 Å². The minimum absolute atomic E-state index is 0.149. The van der Waals surface area contributed by atoms with E-state index < -0.39 is 0 Å². The molecule has 4 heteroatoms. The molecule has 0 bridgehead atoms. The van der Waals surface area contributed by atoms with Gasteiger partial charge < -0.3 is 20.5 Å². The molecule has 0 saturated heterocycles. The first-order chi connectivity index (χ1) is 9.27. The lowest BCUT2D eigenvalue weighted by atomic mass is 9.91. The number of ether oxygens (including phenoxy) is 1. The van der Waals surface area contributed by atoms with Crippen LogP contribution in [0, 0.1) is 0 Å². The van der Waals surface area contributed by atoms with Crippen molar-refractivity contribution in [1.29, 1.82) is 0 Å². The zero-order valence-corrected chi connectivity index (χ0v) is 11.6. The smallest absolute Gasteiger partial charge is 0.144 e. The van der Waals surface area contributed by atoms with Gasteiger partial charge in [-0.1, -0.05) is 13.0 Å². The first-order valence-electron chi connectivity index (χ1n) is 7.16. The Labute approximate surface area is 115 Å². The molecule has 1 aromatic carbocycles. The van der Waals surface area contributed by atoms with E-state index in [0.717, 1.165) is 17.9 Å². The van der Waals surface area contributed by atoms with Crippen LogP contribution in [-0.2, 0) is 0 Å². The molecule has 2 rings (SSSR count). The number of para-hydroxylation sites is 1. The van der Waals surface area contributed by atoms with Crippen molar-refractivity contribution in [3.8, 4) is 5.75 Å². The van der Waals surface area contributed by atoms with Crippen LogP contribution in [0.4, 0.5) is 11.4 Å². The molecule has 4 nitrogen and oxygen atoms in total. The highest BCUT2D eigenvalue weighted by molar-refractivity contribution is 5.74. The number of anilines is 2. The van der Waals surface area contributed by atoms with Gasteiger partial charge in [0.1, 0.15) is 5.75 Å². The number of hydrogen-bond donors (Lipinski definition) is 2. The molecular weight excluding hydrogens is 240 g/mol. The van der Waals surface area contributed by atoms with Gasteiger partial charge in [0.25, 0.3) is 0 Å². The van der Waals surface area contributed by atoms with E-state index in [-0.39, 0.29) is 6.61 Å². The average Bonchev–Trinajstić information content (AvgIpc) is 2.35. The average molecular weight is 264 g/mol. The third-order valence-electron chi connectivity index (χ3n) is 3.67. The molecule has 0 heterocycles. The molecule has 3 N–H and O–H groups in total. The molecule has 1 aromatic rings. The number of nitrogen functional groups attached to an aromatic ring is 1. The molecule has 0 aliphatic heterocycles. The second-order valence-corrected chi connectivity index (χ2v) is 5.04. The van der Waals surface area contributed by atoms with E-state index in [1.54, 1.807) is 0 Å². The highest BCUT2D eigenvalue weighted by Gasteiger charge is 2.26. The van der Waals surface area contributed by atoms with Crippen LogP contribution in [0.1, 0.15) is 32.6 Å². The quantitative estimate of drug-likeness (QED) is 0.743. The monoisotopic (exact) mass is 264 g/mol. The van der Waals surface area contributed by atoms with E-state index in [1.807, 2.05) is 18.2 Å². The fraction of sp³-hybridized carbons (Fsp3) is 0.600. The Kier molecular flexibility index (Phi) is 4.91. The molecule has 0 radical (unpaired) electrons. The van der Waals surface area contributed by atoms with Crippen molar-refractivity contribution in [3.63, 3.8) is 0 Å². The lowest BCUT2D eigenvalue weighted by Gasteiger charge is -2.39. The maximum absolute atomic E-state index is 9.25. The van der Waals surface area contributed by atoms with Crippen LogP contribution in [0.25, 0.3) is 0 Å². The summed E-state index contributed by atoms with van der Waals surface area (Å²) in [6, 6.07) is 6.41. The summed E-state index contributed by atoms with van der Waals surface area (Å²) in [6.45, 7) is 3.53. The van der Waals surface area contributed by atoms with Crippen LogP contribution in [0.2, 0.25) is 0 Å². The van der Waals surface area contributed by atoms with Crippen LogP contribution < -0.4 is 15.4 Å². The Morgan fingerprint density at radius 2 is 2.21 bits per heavy atom. The first-order valence-corrected chi connectivity index (χ1v) is 7.16. The van der Waals surface area contributed by atoms with E-state index >= 15 is 0 Å². The van der Waals surface area contributed by atoms with Gasteiger partial charge in [-0.15, -0.1) is 0 Å². The van der Waals surface area contributed by atoms with Gasteiger partial charge in [0.15, 0.2) is 0 Å². The van der Waals surface area contributed by atoms with E-state index in [2.05, 4.69) is 11.8 Å². The maximum Gasteiger partial charge on any atom is 0.144 e. The third kappa shape index (κ3) is 3.13. The molecule has 1 fully saturated rings. The van der Waals surface area contributed by atoms with E-state index in [1.165, 1.54) is 19.3 Å². The molecular formula is C15H24N2O2. The molecule has 0 atom stereocenters. The number of nitrogens with zero attached hydrogens (tertiary/aromatic N) is 1. The van der Waals surface area contributed by atoms with Gasteiger partial charge in [0.2, 0.25) is 0 Å². The number of benzene rings is 1. The molecule has 19 heavy (non-hydrogen) atoms. The van der Waals surface area contributed by atoms with E-state index in [4.69, 9.17) is 10.5 Å². The summed E-state index contributed by atoms with van der Waals surface area (Å²) < 4.78 is 5.67. The normalized spacial score (nSPS) is 15.1. The zero-order valence-electron chi connectivity index (χ0n) is 11.6. The third-order valence-corrected chi connectivity index (χ3v) is 3.67. The Hall–Kier alpha value is -1.42. The summed E-state index contributed by atoms with van der Waals surface area (Å²) in [4.78, 5) is 2.22. The SMILES string of the molecule is CCCOc1cccc(N(CCO)C2CCC2)c1N. The molecule has 1 saturated carbocycles. The van der Waals surface area contributed by atoms with Crippen molar-refractivity contribution in [3.05, 3.63) is 18.2 Å². The number of aliphatic hydroxyl groups excluding tert-OH is 1. The first kappa shape index (κ1) is 14.0. The van der Waals surface area contributed by atoms with Gasteiger partial charge in [-0.25, -0.2) is 0 Å². The largest absolute Gasteiger partial charge is 0.491 e. The number of rotatable bonds is 7. The van der Waals surface area contributed by atoms with Crippen molar-refractivity contribution in [2.24, 2.45) is 0 Å². The molecule has 1 aliphatic carbocycles. The van der Waals surface area contributed by atoms with E-state index in [9.17, 15) is 5.11 Å². The van der Waals surface area contributed by atoms with Crippen LogP contribution in [0.3, 0.4) is 0 Å². The lowest BCUT2D eigenvalue weighted by molar-refractivity contribution is 0.283. The highest BCUT2D eigenvalue weighted by atomic mass is 16.5. The summed E-state index contributed by atoms with van der Waals surface area (Å²) in [5.41, 5.74) is 7.91. The summed E-state index contributed by atoms with van der Waals surface area (Å²) in [5.74, 6) is 0.751. The Bertz CT molecular complexity index is 405. The molecule has 106 valence electrons. The predicted octanol–water partition coefficient (Wildman–Crippen LogP) is 2.41.